The molecule has 0 bridgehead atoms. The van der Waals surface area contributed by atoms with E-state index in [1.165, 1.54) is 13.3 Å². The molecular formula is C13H11ClN2O2. The Labute approximate surface area is 109 Å². The Bertz CT molecular complexity index is 582. The lowest BCUT2D eigenvalue weighted by Gasteiger charge is -2.07. The van der Waals surface area contributed by atoms with Crippen LogP contribution in [0.5, 0.6) is 0 Å². The van der Waals surface area contributed by atoms with Crippen LogP contribution in [0.15, 0.2) is 36.5 Å². The molecule has 1 aromatic heterocycles. The molecule has 2 aromatic rings. The molecule has 0 aliphatic heterocycles. The summed E-state index contributed by atoms with van der Waals surface area (Å²) in [7, 11) is 1.31. The third kappa shape index (κ3) is 2.43. The fourth-order valence-electron chi connectivity index (χ4n) is 1.56. The van der Waals surface area contributed by atoms with Crippen molar-refractivity contribution in [1.29, 1.82) is 0 Å². The number of nitrogens with two attached hydrogens (primary N) is 1. The molecule has 0 radical (unpaired) electrons. The number of hydrogen-bond acceptors (Lipinski definition) is 4. The molecule has 0 fully saturated rings. The number of halogens is 1. The van der Waals surface area contributed by atoms with Crippen LogP contribution < -0.4 is 5.73 Å². The van der Waals surface area contributed by atoms with Crippen LogP contribution in [0.4, 0.5) is 5.69 Å². The fraction of sp³-hybridized carbons (Fsp3) is 0.0769. The first kappa shape index (κ1) is 12.4. The number of rotatable bonds is 2. The van der Waals surface area contributed by atoms with Crippen LogP contribution in [0.1, 0.15) is 10.5 Å². The summed E-state index contributed by atoms with van der Waals surface area (Å²) in [6.45, 7) is 0. The van der Waals surface area contributed by atoms with Crippen LogP contribution in [0, 0.1) is 0 Å². The molecule has 0 saturated carbocycles. The number of ether oxygens (including phenoxy) is 1. The third-order valence-corrected chi connectivity index (χ3v) is 2.74. The van der Waals surface area contributed by atoms with Gasteiger partial charge in [-0.1, -0.05) is 23.7 Å². The van der Waals surface area contributed by atoms with E-state index in [0.29, 0.717) is 10.7 Å². The summed E-state index contributed by atoms with van der Waals surface area (Å²) in [5, 5.41) is 0.638. The predicted molar refractivity (Wildman–Crippen MR) is 70.4 cm³/mol. The first-order valence-electron chi connectivity index (χ1n) is 5.21. The molecule has 2 rings (SSSR count). The van der Waals surface area contributed by atoms with E-state index in [0.717, 1.165) is 11.1 Å². The second-order valence-electron chi connectivity index (χ2n) is 3.66. The van der Waals surface area contributed by atoms with Gasteiger partial charge in [0.25, 0.3) is 0 Å². The molecule has 1 aromatic carbocycles. The van der Waals surface area contributed by atoms with Gasteiger partial charge in [-0.3, -0.25) is 0 Å². The average molecular weight is 263 g/mol. The number of carbonyl (C=O) groups excluding carboxylic acids is 1. The van der Waals surface area contributed by atoms with Crippen molar-refractivity contribution < 1.29 is 9.53 Å². The third-order valence-electron chi connectivity index (χ3n) is 2.48. The van der Waals surface area contributed by atoms with Gasteiger partial charge in [-0.2, -0.15) is 0 Å². The molecule has 0 amide bonds. The predicted octanol–water partition coefficient (Wildman–Crippen LogP) is 2.77. The van der Waals surface area contributed by atoms with Gasteiger partial charge in [-0.25, -0.2) is 9.78 Å². The lowest BCUT2D eigenvalue weighted by Crippen LogP contribution is -2.05. The molecular weight excluding hydrogens is 252 g/mol. The van der Waals surface area contributed by atoms with Gasteiger partial charge in [-0.05, 0) is 23.8 Å². The molecule has 5 heteroatoms. The molecule has 0 spiro atoms. The largest absolute Gasteiger partial charge is 0.464 e. The summed E-state index contributed by atoms with van der Waals surface area (Å²) in [4.78, 5) is 15.3. The minimum atomic E-state index is -0.495. The molecule has 1 heterocycles. The number of hydrogen-bond donors (Lipinski definition) is 1. The smallest absolute Gasteiger partial charge is 0.356 e. The highest BCUT2D eigenvalue weighted by atomic mass is 35.5. The zero-order valence-electron chi connectivity index (χ0n) is 9.68. The van der Waals surface area contributed by atoms with Gasteiger partial charge in [0.1, 0.15) is 5.69 Å². The molecule has 18 heavy (non-hydrogen) atoms. The summed E-state index contributed by atoms with van der Waals surface area (Å²) in [6.07, 6.45) is 1.44. The SMILES string of the molecule is COC(=O)c1cc(-c2ccc(Cl)cc2)c(N)cn1. The fourth-order valence-corrected chi connectivity index (χ4v) is 1.69. The molecule has 92 valence electrons. The van der Waals surface area contributed by atoms with E-state index in [1.807, 2.05) is 12.1 Å². The topological polar surface area (TPSA) is 65.2 Å². The first-order valence-corrected chi connectivity index (χ1v) is 5.59. The van der Waals surface area contributed by atoms with Gasteiger partial charge < -0.3 is 10.5 Å². The maximum absolute atomic E-state index is 11.4. The highest BCUT2D eigenvalue weighted by Gasteiger charge is 2.11. The van der Waals surface area contributed by atoms with E-state index in [4.69, 9.17) is 17.3 Å². The Morgan fingerprint density at radius 3 is 2.61 bits per heavy atom. The van der Waals surface area contributed by atoms with E-state index >= 15 is 0 Å². The average Bonchev–Trinajstić information content (AvgIpc) is 2.39. The lowest BCUT2D eigenvalue weighted by atomic mass is 10.0. The normalized spacial score (nSPS) is 10.1. The Kier molecular flexibility index (Phi) is 3.48. The highest BCUT2D eigenvalue weighted by Crippen LogP contribution is 2.27. The summed E-state index contributed by atoms with van der Waals surface area (Å²) in [6, 6.07) is 8.78. The number of anilines is 1. The van der Waals surface area contributed by atoms with E-state index in [9.17, 15) is 4.79 Å². The van der Waals surface area contributed by atoms with Crippen molar-refractivity contribution >= 4 is 23.3 Å². The quantitative estimate of drug-likeness (QED) is 0.845. The number of aromatic nitrogens is 1. The van der Waals surface area contributed by atoms with Crippen LogP contribution in [0.3, 0.4) is 0 Å². The number of esters is 1. The Morgan fingerprint density at radius 2 is 2.00 bits per heavy atom. The standard InChI is InChI=1S/C13H11ClN2O2/c1-18-13(17)12-6-10(11(15)7-16-12)8-2-4-9(14)5-3-8/h2-7H,15H2,1H3. The van der Waals surface area contributed by atoms with Crippen LogP contribution in [-0.4, -0.2) is 18.1 Å². The van der Waals surface area contributed by atoms with Crippen LogP contribution >= 0.6 is 11.6 Å². The second-order valence-corrected chi connectivity index (χ2v) is 4.09. The molecule has 0 aliphatic carbocycles. The summed E-state index contributed by atoms with van der Waals surface area (Å²) >= 11 is 5.83. The van der Waals surface area contributed by atoms with Crippen molar-refractivity contribution in [3.05, 3.63) is 47.2 Å². The molecule has 0 atom stereocenters. The van der Waals surface area contributed by atoms with Crippen molar-refractivity contribution in [2.24, 2.45) is 0 Å². The second kappa shape index (κ2) is 5.06. The Balaban J connectivity index is 2.49. The molecule has 0 unspecified atom stereocenters. The minimum Gasteiger partial charge on any atom is -0.464 e. The molecule has 0 aliphatic rings. The van der Waals surface area contributed by atoms with E-state index in [-0.39, 0.29) is 5.69 Å². The number of carbonyl (C=O) groups is 1. The van der Waals surface area contributed by atoms with Gasteiger partial charge >= 0.3 is 5.97 Å². The monoisotopic (exact) mass is 262 g/mol. The van der Waals surface area contributed by atoms with Gasteiger partial charge in [0.2, 0.25) is 0 Å². The highest BCUT2D eigenvalue weighted by molar-refractivity contribution is 6.30. The summed E-state index contributed by atoms with van der Waals surface area (Å²) < 4.78 is 4.62. The number of nitrogens with zero attached hydrogens (tertiary/aromatic N) is 1. The Morgan fingerprint density at radius 1 is 1.33 bits per heavy atom. The zero-order chi connectivity index (χ0) is 13.1. The van der Waals surface area contributed by atoms with Crippen LogP contribution in [0.25, 0.3) is 11.1 Å². The molecule has 2 N–H and O–H groups in total. The summed E-state index contributed by atoms with van der Waals surface area (Å²) in [5.74, 6) is -0.495. The van der Waals surface area contributed by atoms with Crippen LogP contribution in [-0.2, 0) is 4.74 Å². The van der Waals surface area contributed by atoms with Crippen molar-refractivity contribution in [2.45, 2.75) is 0 Å². The number of nitrogen functional groups attached to an aromatic ring is 1. The summed E-state index contributed by atoms with van der Waals surface area (Å²) in [5.41, 5.74) is 8.15. The maximum Gasteiger partial charge on any atom is 0.356 e. The van der Waals surface area contributed by atoms with Crippen molar-refractivity contribution in [3.8, 4) is 11.1 Å². The minimum absolute atomic E-state index is 0.219. The maximum atomic E-state index is 11.4. The van der Waals surface area contributed by atoms with E-state index in [2.05, 4.69) is 9.72 Å². The van der Waals surface area contributed by atoms with Crippen molar-refractivity contribution in [2.75, 3.05) is 12.8 Å². The first-order chi connectivity index (χ1) is 8.61. The van der Waals surface area contributed by atoms with E-state index in [1.54, 1.807) is 18.2 Å². The van der Waals surface area contributed by atoms with Gasteiger partial charge in [0.05, 0.1) is 19.0 Å². The Hall–Kier alpha value is -2.07. The van der Waals surface area contributed by atoms with Crippen LogP contribution in [0.2, 0.25) is 5.02 Å². The molecule has 0 saturated heterocycles. The number of methoxy groups -OCH3 is 1. The zero-order valence-corrected chi connectivity index (χ0v) is 10.4. The van der Waals surface area contributed by atoms with Gasteiger partial charge in [0.15, 0.2) is 0 Å². The van der Waals surface area contributed by atoms with Gasteiger partial charge in [-0.15, -0.1) is 0 Å². The van der Waals surface area contributed by atoms with E-state index < -0.39 is 5.97 Å². The van der Waals surface area contributed by atoms with Crippen molar-refractivity contribution in [3.63, 3.8) is 0 Å². The number of benzene rings is 1. The molecule has 4 nitrogen and oxygen atoms in total. The number of pyridine rings is 1. The lowest BCUT2D eigenvalue weighted by molar-refractivity contribution is 0.0594. The van der Waals surface area contributed by atoms with Crippen molar-refractivity contribution in [1.82, 2.24) is 4.98 Å². The van der Waals surface area contributed by atoms with Gasteiger partial charge in [0, 0.05) is 10.6 Å².